The van der Waals surface area contributed by atoms with E-state index in [1.54, 1.807) is 11.3 Å². The van der Waals surface area contributed by atoms with Crippen molar-refractivity contribution in [2.75, 3.05) is 26.7 Å². The van der Waals surface area contributed by atoms with Gasteiger partial charge in [0, 0.05) is 37.1 Å². The molecule has 2 rings (SSSR count). The average molecular weight is 353 g/mol. The Morgan fingerprint density at radius 3 is 2.54 bits per heavy atom. The average Bonchev–Trinajstić information content (AvgIpc) is 2.92. The van der Waals surface area contributed by atoms with E-state index < -0.39 is 0 Å². The maximum atomic E-state index is 5.85. The first kappa shape index (κ1) is 19.2. The fourth-order valence-corrected chi connectivity index (χ4v) is 3.90. The number of rotatable bonds is 5. The quantitative estimate of drug-likeness (QED) is 0.632. The van der Waals surface area contributed by atoms with Crippen LogP contribution in [0.1, 0.15) is 38.1 Å². The lowest BCUT2D eigenvalue weighted by atomic mass is 10.00. The Labute approximate surface area is 150 Å². The molecule has 1 saturated heterocycles. The minimum Gasteiger partial charge on any atom is -0.373 e. The van der Waals surface area contributed by atoms with E-state index in [0.29, 0.717) is 0 Å². The standard InChI is InChI=1S/C18H32N4OS/c1-13-7-8-24-16(13)9-20-17(19-6)21-12-18(4,5)22-10-14(2)23-15(3)11-22/h7-8,14-15H,9-12H2,1-6H3,(H2,19,20,21). The number of morpholine rings is 1. The monoisotopic (exact) mass is 352 g/mol. The summed E-state index contributed by atoms with van der Waals surface area (Å²) in [5, 5.41) is 9.02. The molecule has 1 aromatic rings. The third-order valence-corrected chi connectivity index (χ3v) is 5.60. The molecule has 2 heterocycles. The van der Waals surface area contributed by atoms with Crippen molar-refractivity contribution in [3.05, 3.63) is 21.9 Å². The van der Waals surface area contributed by atoms with Crippen molar-refractivity contribution in [2.45, 2.75) is 58.9 Å². The molecule has 2 atom stereocenters. The predicted molar refractivity (Wildman–Crippen MR) is 103 cm³/mol. The fourth-order valence-electron chi connectivity index (χ4n) is 3.05. The van der Waals surface area contributed by atoms with Crippen molar-refractivity contribution in [3.63, 3.8) is 0 Å². The van der Waals surface area contributed by atoms with Gasteiger partial charge in [-0.3, -0.25) is 9.89 Å². The number of aryl methyl sites for hydroxylation is 1. The van der Waals surface area contributed by atoms with Crippen LogP contribution in [0.5, 0.6) is 0 Å². The first-order chi connectivity index (χ1) is 11.3. The molecule has 1 aliphatic heterocycles. The summed E-state index contributed by atoms with van der Waals surface area (Å²) in [4.78, 5) is 8.22. The molecule has 0 saturated carbocycles. The first-order valence-corrected chi connectivity index (χ1v) is 9.58. The van der Waals surface area contributed by atoms with Crippen molar-refractivity contribution in [3.8, 4) is 0 Å². The van der Waals surface area contributed by atoms with Crippen molar-refractivity contribution < 1.29 is 4.74 Å². The van der Waals surface area contributed by atoms with Crippen molar-refractivity contribution in [1.82, 2.24) is 15.5 Å². The highest BCUT2D eigenvalue weighted by Crippen LogP contribution is 2.20. The Balaban J connectivity index is 1.86. The number of hydrogen-bond donors (Lipinski definition) is 2. The van der Waals surface area contributed by atoms with Gasteiger partial charge in [-0.25, -0.2) is 0 Å². The fraction of sp³-hybridized carbons (Fsp3) is 0.722. The lowest BCUT2D eigenvalue weighted by Crippen LogP contribution is -2.59. The van der Waals surface area contributed by atoms with Crippen molar-refractivity contribution in [2.24, 2.45) is 4.99 Å². The zero-order chi connectivity index (χ0) is 17.7. The van der Waals surface area contributed by atoms with Crippen LogP contribution < -0.4 is 10.6 Å². The van der Waals surface area contributed by atoms with Crippen LogP contribution in [0.25, 0.3) is 0 Å². The van der Waals surface area contributed by atoms with Gasteiger partial charge < -0.3 is 15.4 Å². The second-order valence-corrected chi connectivity index (χ2v) is 8.28. The largest absolute Gasteiger partial charge is 0.373 e. The van der Waals surface area contributed by atoms with Crippen molar-refractivity contribution >= 4 is 17.3 Å². The third kappa shape index (κ3) is 5.19. The molecule has 2 N–H and O–H groups in total. The van der Waals surface area contributed by atoms with E-state index in [1.165, 1.54) is 10.4 Å². The number of aliphatic imine (C=N–C) groups is 1. The van der Waals surface area contributed by atoms with Gasteiger partial charge in [0.05, 0.1) is 18.8 Å². The van der Waals surface area contributed by atoms with E-state index in [9.17, 15) is 0 Å². The Bertz CT molecular complexity index is 545. The van der Waals surface area contributed by atoms with Crippen LogP contribution in [0.2, 0.25) is 0 Å². The molecule has 5 nitrogen and oxygen atoms in total. The molecular formula is C18H32N4OS. The van der Waals surface area contributed by atoms with E-state index in [4.69, 9.17) is 4.74 Å². The molecule has 1 fully saturated rings. The molecule has 0 aliphatic carbocycles. The van der Waals surface area contributed by atoms with Crippen LogP contribution in [-0.2, 0) is 11.3 Å². The van der Waals surface area contributed by atoms with Gasteiger partial charge in [-0.2, -0.15) is 0 Å². The molecule has 0 spiro atoms. The van der Waals surface area contributed by atoms with E-state index >= 15 is 0 Å². The number of nitrogens with one attached hydrogen (secondary N) is 2. The van der Waals surface area contributed by atoms with Gasteiger partial charge in [-0.15, -0.1) is 11.3 Å². The maximum absolute atomic E-state index is 5.85. The summed E-state index contributed by atoms with van der Waals surface area (Å²) in [5.74, 6) is 0.852. The van der Waals surface area contributed by atoms with Crippen LogP contribution in [0, 0.1) is 6.92 Å². The summed E-state index contributed by atoms with van der Waals surface area (Å²) in [6.07, 6.45) is 0.569. The third-order valence-electron chi connectivity index (χ3n) is 4.57. The van der Waals surface area contributed by atoms with E-state index in [-0.39, 0.29) is 17.7 Å². The molecule has 2 unspecified atom stereocenters. The highest BCUT2D eigenvalue weighted by Gasteiger charge is 2.33. The van der Waals surface area contributed by atoms with Crippen LogP contribution in [0.15, 0.2) is 16.4 Å². The Morgan fingerprint density at radius 1 is 1.33 bits per heavy atom. The molecule has 136 valence electrons. The highest BCUT2D eigenvalue weighted by atomic mass is 32.1. The van der Waals surface area contributed by atoms with Crippen LogP contribution in [0.3, 0.4) is 0 Å². The molecule has 24 heavy (non-hydrogen) atoms. The number of hydrogen-bond acceptors (Lipinski definition) is 4. The Morgan fingerprint density at radius 2 is 2.00 bits per heavy atom. The second-order valence-electron chi connectivity index (χ2n) is 7.28. The minimum absolute atomic E-state index is 0.0444. The molecule has 6 heteroatoms. The van der Waals surface area contributed by atoms with Crippen LogP contribution >= 0.6 is 11.3 Å². The summed E-state index contributed by atoms with van der Waals surface area (Å²) < 4.78 is 5.85. The first-order valence-electron chi connectivity index (χ1n) is 8.70. The van der Waals surface area contributed by atoms with Gasteiger partial charge in [-0.05, 0) is 51.6 Å². The number of guanidine groups is 1. The smallest absolute Gasteiger partial charge is 0.191 e. The zero-order valence-corrected chi connectivity index (χ0v) is 16.7. The van der Waals surface area contributed by atoms with Gasteiger partial charge in [0.2, 0.25) is 0 Å². The highest BCUT2D eigenvalue weighted by molar-refractivity contribution is 7.10. The summed E-state index contributed by atoms with van der Waals surface area (Å²) in [5.41, 5.74) is 1.38. The Hall–Kier alpha value is -1.11. The summed E-state index contributed by atoms with van der Waals surface area (Å²) in [6.45, 7) is 14.6. The van der Waals surface area contributed by atoms with Crippen LogP contribution in [-0.4, -0.2) is 55.3 Å². The number of nitrogens with zero attached hydrogens (tertiary/aromatic N) is 2. The van der Waals surface area contributed by atoms with Gasteiger partial charge in [-0.1, -0.05) is 0 Å². The normalized spacial score (nSPS) is 23.3. The molecule has 0 amide bonds. The lowest BCUT2D eigenvalue weighted by molar-refractivity contribution is -0.0946. The Kier molecular flexibility index (Phi) is 6.66. The second kappa shape index (κ2) is 8.32. The minimum atomic E-state index is 0.0444. The molecule has 1 aliphatic rings. The van der Waals surface area contributed by atoms with Crippen molar-refractivity contribution in [1.29, 1.82) is 0 Å². The molecular weight excluding hydrogens is 320 g/mol. The molecule has 0 radical (unpaired) electrons. The van der Waals surface area contributed by atoms with Gasteiger partial charge >= 0.3 is 0 Å². The van der Waals surface area contributed by atoms with Crippen LogP contribution in [0.4, 0.5) is 0 Å². The summed E-state index contributed by atoms with van der Waals surface area (Å²) >= 11 is 1.78. The summed E-state index contributed by atoms with van der Waals surface area (Å²) in [7, 11) is 1.82. The maximum Gasteiger partial charge on any atom is 0.191 e. The van der Waals surface area contributed by atoms with E-state index in [2.05, 4.69) is 66.6 Å². The molecule has 1 aromatic heterocycles. The van der Waals surface area contributed by atoms with E-state index in [1.807, 2.05) is 7.05 Å². The van der Waals surface area contributed by atoms with E-state index in [0.717, 1.165) is 32.1 Å². The summed E-state index contributed by atoms with van der Waals surface area (Å²) in [6, 6.07) is 2.15. The predicted octanol–water partition coefficient (Wildman–Crippen LogP) is 2.61. The molecule has 0 bridgehead atoms. The number of thiophene rings is 1. The van der Waals surface area contributed by atoms with Gasteiger partial charge in [0.25, 0.3) is 0 Å². The SMILES string of the molecule is CN=C(NCc1sccc1C)NCC(C)(C)N1CC(C)OC(C)C1. The molecule has 0 aromatic carbocycles. The number of ether oxygens (including phenoxy) is 1. The van der Waals surface area contributed by atoms with Gasteiger partial charge in [0.15, 0.2) is 5.96 Å². The lowest BCUT2D eigenvalue weighted by Gasteiger charge is -2.45. The zero-order valence-electron chi connectivity index (χ0n) is 15.8. The topological polar surface area (TPSA) is 48.9 Å². The van der Waals surface area contributed by atoms with Gasteiger partial charge in [0.1, 0.15) is 0 Å².